The molecule has 1 heterocycles. The van der Waals surface area contributed by atoms with Crippen LogP contribution in [0.25, 0.3) is 22.1 Å². The van der Waals surface area contributed by atoms with Crippen molar-refractivity contribution in [2.75, 3.05) is 17.3 Å². The highest BCUT2D eigenvalue weighted by Crippen LogP contribution is 2.40. The molecule has 0 spiro atoms. The fourth-order valence-corrected chi connectivity index (χ4v) is 3.76. The minimum absolute atomic E-state index is 0.0522. The normalized spacial score (nSPS) is 11.2. The highest BCUT2D eigenvalue weighted by Gasteiger charge is 2.34. The van der Waals surface area contributed by atoms with E-state index in [2.05, 4.69) is 10.5 Å². The van der Waals surface area contributed by atoms with E-state index in [-0.39, 0.29) is 50.3 Å². The number of fused-ring (bicyclic) bond motifs is 1. The molecule has 0 atom stereocenters. The number of carbonyl (C=O) groups is 3. The molecule has 0 radical (unpaired) electrons. The number of aromatic carboxylic acids is 1. The van der Waals surface area contributed by atoms with Crippen molar-refractivity contribution in [2.24, 2.45) is 0 Å². The summed E-state index contributed by atoms with van der Waals surface area (Å²) in [5.41, 5.74) is -1.60. The summed E-state index contributed by atoms with van der Waals surface area (Å²) in [4.78, 5) is 37.3. The Morgan fingerprint density at radius 3 is 2.45 bits per heavy atom. The van der Waals surface area contributed by atoms with Gasteiger partial charge in [0.2, 0.25) is 5.91 Å². The lowest BCUT2D eigenvalue weighted by Gasteiger charge is -2.19. The van der Waals surface area contributed by atoms with Crippen LogP contribution in [-0.4, -0.2) is 35.1 Å². The summed E-state index contributed by atoms with van der Waals surface area (Å²) in [5, 5.41) is 24.6. The zero-order valence-corrected chi connectivity index (χ0v) is 19.8. The summed E-state index contributed by atoms with van der Waals surface area (Å²) in [7, 11) is 1.36. The molecule has 192 valence electrons. The van der Waals surface area contributed by atoms with E-state index in [4.69, 9.17) is 9.78 Å². The monoisotopic (exact) mass is 522 g/mol. The fraction of sp³-hybridized carbons (Fsp3) is 0.115. The summed E-state index contributed by atoms with van der Waals surface area (Å²) < 4.78 is 47.1. The average molecular weight is 522 g/mol. The molecule has 0 aliphatic rings. The summed E-state index contributed by atoms with van der Waals surface area (Å²) in [6.45, 7) is 1.23. The molecule has 0 bridgehead atoms. The number of nitrogens with one attached hydrogen (secondary N) is 1. The predicted octanol–water partition coefficient (Wildman–Crippen LogP) is 5.32. The van der Waals surface area contributed by atoms with Gasteiger partial charge in [0.05, 0.1) is 33.8 Å². The minimum atomic E-state index is -4.75. The van der Waals surface area contributed by atoms with E-state index >= 15 is 0 Å². The van der Waals surface area contributed by atoms with Gasteiger partial charge in [0.1, 0.15) is 0 Å². The maximum absolute atomic E-state index is 14.0. The van der Waals surface area contributed by atoms with Crippen LogP contribution in [0.15, 0.2) is 59.1 Å². The van der Waals surface area contributed by atoms with Gasteiger partial charge in [-0.25, -0.2) is 4.79 Å². The molecule has 2 amide bonds. The van der Waals surface area contributed by atoms with Gasteiger partial charge in [-0.3, -0.25) is 9.59 Å². The maximum atomic E-state index is 14.0. The van der Waals surface area contributed by atoms with E-state index in [0.717, 1.165) is 17.0 Å². The van der Waals surface area contributed by atoms with Crippen molar-refractivity contribution in [3.05, 3.63) is 77.0 Å². The average Bonchev–Trinajstić information content (AvgIpc) is 3.31. The molecule has 2 N–H and O–H groups in total. The van der Waals surface area contributed by atoms with E-state index in [9.17, 15) is 32.7 Å². The molecule has 0 unspecified atom stereocenters. The molecule has 38 heavy (non-hydrogen) atoms. The second kappa shape index (κ2) is 9.70. The Kier molecular flexibility index (Phi) is 6.61. The van der Waals surface area contributed by atoms with Gasteiger partial charge in [-0.05, 0) is 53.6 Å². The molecular formula is C26H17F3N4O5. The van der Waals surface area contributed by atoms with Crippen LogP contribution >= 0.6 is 0 Å². The molecule has 0 saturated heterocycles. The minimum Gasteiger partial charge on any atom is -0.478 e. The second-order valence-electron chi connectivity index (χ2n) is 8.18. The Labute approximate surface area is 212 Å². The van der Waals surface area contributed by atoms with Gasteiger partial charge in [-0.1, -0.05) is 17.3 Å². The first-order valence-corrected chi connectivity index (χ1v) is 10.8. The molecule has 4 rings (SSSR count). The molecule has 0 aliphatic carbocycles. The smallest absolute Gasteiger partial charge is 0.417 e. The molecule has 12 heteroatoms. The third-order valence-electron chi connectivity index (χ3n) is 5.79. The summed E-state index contributed by atoms with van der Waals surface area (Å²) in [6, 6.07) is 12.9. The number of rotatable bonds is 5. The van der Waals surface area contributed by atoms with Crippen molar-refractivity contribution < 1.29 is 37.2 Å². The second-order valence-corrected chi connectivity index (χ2v) is 8.18. The fourth-order valence-electron chi connectivity index (χ4n) is 3.76. The number of nitriles is 1. The topological polar surface area (TPSA) is 137 Å². The maximum Gasteiger partial charge on any atom is 0.417 e. The van der Waals surface area contributed by atoms with Gasteiger partial charge in [0.15, 0.2) is 11.3 Å². The molecule has 4 aromatic rings. The van der Waals surface area contributed by atoms with Crippen molar-refractivity contribution in [3.63, 3.8) is 0 Å². The van der Waals surface area contributed by atoms with Gasteiger partial charge < -0.3 is 19.8 Å². The molecular weight excluding hydrogens is 505 g/mol. The first kappa shape index (κ1) is 25.9. The van der Waals surface area contributed by atoms with E-state index in [1.807, 2.05) is 0 Å². The zero-order chi connectivity index (χ0) is 27.8. The summed E-state index contributed by atoms with van der Waals surface area (Å²) >= 11 is 0. The number of aromatic nitrogens is 1. The predicted molar refractivity (Wildman–Crippen MR) is 130 cm³/mol. The van der Waals surface area contributed by atoms with Gasteiger partial charge in [-0.2, -0.15) is 18.4 Å². The highest BCUT2D eigenvalue weighted by molar-refractivity contribution is 6.13. The lowest BCUT2D eigenvalue weighted by molar-refractivity contribution is -0.137. The van der Waals surface area contributed by atoms with E-state index < -0.39 is 29.5 Å². The number of hydrogen-bond acceptors (Lipinski definition) is 6. The van der Waals surface area contributed by atoms with Crippen molar-refractivity contribution >= 4 is 40.1 Å². The third-order valence-corrected chi connectivity index (χ3v) is 5.79. The number of amides is 2. The van der Waals surface area contributed by atoms with Crippen LogP contribution in [0.2, 0.25) is 0 Å². The number of halogens is 3. The lowest BCUT2D eigenvalue weighted by Crippen LogP contribution is -2.23. The van der Waals surface area contributed by atoms with E-state index in [0.29, 0.717) is 0 Å². The number of alkyl halides is 3. The first-order valence-electron chi connectivity index (χ1n) is 10.8. The highest BCUT2D eigenvalue weighted by atomic mass is 19.4. The first-order chi connectivity index (χ1) is 17.9. The summed E-state index contributed by atoms with van der Waals surface area (Å²) in [5.74, 6) is -2.70. The molecule has 3 aromatic carbocycles. The van der Waals surface area contributed by atoms with Crippen LogP contribution in [0.4, 0.5) is 24.5 Å². The summed E-state index contributed by atoms with van der Waals surface area (Å²) in [6.07, 6.45) is -4.75. The van der Waals surface area contributed by atoms with Crippen molar-refractivity contribution in [2.45, 2.75) is 13.1 Å². The van der Waals surface area contributed by atoms with Crippen LogP contribution in [0.3, 0.4) is 0 Å². The lowest BCUT2D eigenvalue weighted by atomic mass is 9.97. The van der Waals surface area contributed by atoms with E-state index in [1.165, 1.54) is 56.4 Å². The molecule has 1 aromatic heterocycles. The quantitative estimate of drug-likeness (QED) is 0.362. The Morgan fingerprint density at radius 2 is 1.82 bits per heavy atom. The number of anilines is 2. The van der Waals surface area contributed by atoms with Crippen LogP contribution in [0.5, 0.6) is 0 Å². The van der Waals surface area contributed by atoms with Crippen molar-refractivity contribution in [1.29, 1.82) is 5.26 Å². The molecule has 9 nitrogen and oxygen atoms in total. The molecule has 0 aliphatic heterocycles. The van der Waals surface area contributed by atoms with Crippen molar-refractivity contribution in [1.82, 2.24) is 5.16 Å². The van der Waals surface area contributed by atoms with Gasteiger partial charge in [0.25, 0.3) is 5.91 Å². The molecule has 0 fully saturated rings. The van der Waals surface area contributed by atoms with Gasteiger partial charge in [-0.15, -0.1) is 0 Å². The van der Waals surface area contributed by atoms with E-state index in [1.54, 1.807) is 6.07 Å². The number of benzene rings is 3. The number of carbonyl (C=O) groups excluding carboxylic acids is 2. The van der Waals surface area contributed by atoms with Crippen LogP contribution < -0.4 is 10.2 Å². The van der Waals surface area contributed by atoms with Crippen LogP contribution in [0, 0.1) is 11.3 Å². The Bertz CT molecular complexity index is 1650. The largest absolute Gasteiger partial charge is 0.478 e. The zero-order valence-electron chi connectivity index (χ0n) is 19.8. The number of hydrogen-bond donors (Lipinski definition) is 2. The number of carboxylic acids is 1. The van der Waals surface area contributed by atoms with Gasteiger partial charge in [0, 0.05) is 19.7 Å². The van der Waals surface area contributed by atoms with Crippen molar-refractivity contribution in [3.8, 4) is 17.2 Å². The SMILES string of the molecule is CC(=O)N(C)c1ccc(-c2ccc3onc(C(=O)Nc4ccc(C#N)cc4C(=O)O)c3c2)c(C(F)(F)F)c1. The Hall–Kier alpha value is -5.18. The molecule has 0 saturated carbocycles. The standard InChI is InChI=1S/C26H17F3N4O5/c1-13(34)33(2)16-5-6-17(20(11-16)26(27,28)29)15-4-8-22-19(10-15)23(32-38-22)24(35)31-21-7-3-14(12-30)9-18(21)25(36)37/h3-11H,1-2H3,(H,31,35)(H,36,37). The number of nitrogens with zero attached hydrogens (tertiary/aromatic N) is 3. The van der Waals surface area contributed by atoms with Crippen LogP contribution in [-0.2, 0) is 11.0 Å². The third kappa shape index (κ3) is 4.90. The number of carboxylic acid groups (broad SMARTS) is 1. The Balaban J connectivity index is 1.77. The Morgan fingerprint density at radius 1 is 1.08 bits per heavy atom. The van der Waals surface area contributed by atoms with Gasteiger partial charge >= 0.3 is 12.1 Å². The van der Waals surface area contributed by atoms with Crippen LogP contribution in [0.1, 0.15) is 38.9 Å².